The van der Waals surface area contributed by atoms with Gasteiger partial charge < -0.3 is 15.1 Å². The predicted molar refractivity (Wildman–Crippen MR) is 99.7 cm³/mol. The van der Waals surface area contributed by atoms with E-state index in [1.165, 1.54) is 16.8 Å². The van der Waals surface area contributed by atoms with E-state index in [4.69, 9.17) is 0 Å². The smallest absolute Gasteiger partial charge is 0.238 e. The van der Waals surface area contributed by atoms with Crippen LogP contribution in [0.4, 0.5) is 5.69 Å². The van der Waals surface area contributed by atoms with E-state index >= 15 is 0 Å². The molecule has 2 fully saturated rings. The molecule has 1 saturated carbocycles. The SMILES string of the molecule is CCCNC(=O)C1(C(=O)N2CCN(c3cccc(C)c3C)CC2)CC1. The maximum atomic E-state index is 12.9. The van der Waals surface area contributed by atoms with E-state index in [1.54, 1.807) is 0 Å². The number of amides is 2. The van der Waals surface area contributed by atoms with E-state index in [0.29, 0.717) is 32.5 Å². The largest absolute Gasteiger partial charge is 0.368 e. The van der Waals surface area contributed by atoms with Crippen molar-refractivity contribution in [2.24, 2.45) is 5.41 Å². The van der Waals surface area contributed by atoms with Crippen LogP contribution in [-0.4, -0.2) is 49.4 Å². The van der Waals surface area contributed by atoms with Crippen LogP contribution in [-0.2, 0) is 9.59 Å². The van der Waals surface area contributed by atoms with Gasteiger partial charge in [-0.3, -0.25) is 9.59 Å². The zero-order valence-electron chi connectivity index (χ0n) is 15.6. The van der Waals surface area contributed by atoms with Gasteiger partial charge in [0.2, 0.25) is 11.8 Å². The van der Waals surface area contributed by atoms with Crippen LogP contribution < -0.4 is 10.2 Å². The summed E-state index contributed by atoms with van der Waals surface area (Å²) in [4.78, 5) is 29.5. The average Bonchev–Trinajstić information content (AvgIpc) is 3.43. The second kappa shape index (κ2) is 7.06. The summed E-state index contributed by atoms with van der Waals surface area (Å²) >= 11 is 0. The molecule has 0 bridgehead atoms. The van der Waals surface area contributed by atoms with Crippen molar-refractivity contribution >= 4 is 17.5 Å². The first-order valence-corrected chi connectivity index (χ1v) is 9.38. The first-order valence-electron chi connectivity index (χ1n) is 9.38. The molecule has 0 spiro atoms. The van der Waals surface area contributed by atoms with E-state index in [2.05, 4.69) is 42.3 Å². The van der Waals surface area contributed by atoms with E-state index in [0.717, 1.165) is 19.5 Å². The summed E-state index contributed by atoms with van der Waals surface area (Å²) in [6.07, 6.45) is 2.28. The van der Waals surface area contributed by atoms with Gasteiger partial charge >= 0.3 is 0 Å². The molecule has 2 amide bonds. The third kappa shape index (κ3) is 3.37. The molecular weight excluding hydrogens is 314 g/mol. The number of nitrogens with zero attached hydrogens (tertiary/aromatic N) is 2. The molecule has 2 aliphatic rings. The van der Waals surface area contributed by atoms with Gasteiger partial charge in [-0.15, -0.1) is 0 Å². The van der Waals surface area contributed by atoms with Crippen molar-refractivity contribution in [2.45, 2.75) is 40.0 Å². The molecule has 0 unspecified atom stereocenters. The predicted octanol–water partition coefficient (Wildman–Crippen LogP) is 2.26. The molecule has 5 nitrogen and oxygen atoms in total. The number of carbonyl (C=O) groups excluding carboxylic acids is 2. The van der Waals surface area contributed by atoms with E-state index in [9.17, 15) is 9.59 Å². The molecule has 25 heavy (non-hydrogen) atoms. The number of anilines is 1. The molecule has 136 valence electrons. The summed E-state index contributed by atoms with van der Waals surface area (Å²) in [5.41, 5.74) is 3.09. The highest BCUT2D eigenvalue weighted by atomic mass is 16.2. The Balaban J connectivity index is 1.61. The summed E-state index contributed by atoms with van der Waals surface area (Å²) in [6, 6.07) is 6.37. The number of hydrogen-bond acceptors (Lipinski definition) is 3. The van der Waals surface area contributed by atoms with Gasteiger partial charge in [0.1, 0.15) is 5.41 Å². The van der Waals surface area contributed by atoms with Gasteiger partial charge in [0.15, 0.2) is 0 Å². The van der Waals surface area contributed by atoms with Crippen molar-refractivity contribution in [3.05, 3.63) is 29.3 Å². The van der Waals surface area contributed by atoms with Crippen LogP contribution in [0.1, 0.15) is 37.3 Å². The van der Waals surface area contributed by atoms with Crippen LogP contribution >= 0.6 is 0 Å². The van der Waals surface area contributed by atoms with Crippen LogP contribution in [0.2, 0.25) is 0 Å². The molecule has 1 heterocycles. The lowest BCUT2D eigenvalue weighted by Gasteiger charge is -2.38. The van der Waals surface area contributed by atoms with Crippen LogP contribution in [0.3, 0.4) is 0 Å². The van der Waals surface area contributed by atoms with Crippen molar-refractivity contribution in [3.8, 4) is 0 Å². The third-order valence-electron chi connectivity index (χ3n) is 5.61. The Morgan fingerprint density at radius 3 is 2.40 bits per heavy atom. The Morgan fingerprint density at radius 2 is 1.80 bits per heavy atom. The number of carbonyl (C=O) groups is 2. The van der Waals surface area contributed by atoms with Gasteiger partial charge in [-0.25, -0.2) is 0 Å². The fourth-order valence-corrected chi connectivity index (χ4v) is 3.60. The van der Waals surface area contributed by atoms with Crippen LogP contribution in [0.15, 0.2) is 18.2 Å². The highest BCUT2D eigenvalue weighted by molar-refractivity contribution is 6.07. The number of piperazine rings is 1. The van der Waals surface area contributed by atoms with Crippen molar-refractivity contribution in [2.75, 3.05) is 37.6 Å². The minimum Gasteiger partial charge on any atom is -0.368 e. The van der Waals surface area contributed by atoms with E-state index in [1.807, 2.05) is 11.8 Å². The second-order valence-electron chi connectivity index (χ2n) is 7.34. The number of benzene rings is 1. The Hall–Kier alpha value is -2.04. The van der Waals surface area contributed by atoms with E-state index < -0.39 is 5.41 Å². The topological polar surface area (TPSA) is 52.7 Å². The van der Waals surface area contributed by atoms with Crippen LogP contribution in [0, 0.1) is 19.3 Å². The highest BCUT2D eigenvalue weighted by Gasteiger charge is 2.57. The van der Waals surface area contributed by atoms with Crippen LogP contribution in [0.5, 0.6) is 0 Å². The minimum atomic E-state index is -0.767. The summed E-state index contributed by atoms with van der Waals surface area (Å²) in [7, 11) is 0. The van der Waals surface area contributed by atoms with Gasteiger partial charge in [0.05, 0.1) is 0 Å². The van der Waals surface area contributed by atoms with Crippen molar-refractivity contribution in [1.29, 1.82) is 0 Å². The lowest BCUT2D eigenvalue weighted by atomic mass is 10.0. The fourth-order valence-electron chi connectivity index (χ4n) is 3.60. The zero-order chi connectivity index (χ0) is 18.0. The summed E-state index contributed by atoms with van der Waals surface area (Å²) in [5.74, 6) is -0.0435. The number of hydrogen-bond donors (Lipinski definition) is 1. The van der Waals surface area contributed by atoms with Gasteiger partial charge in [0.25, 0.3) is 0 Å². The Kier molecular flexibility index (Phi) is 5.02. The van der Waals surface area contributed by atoms with E-state index in [-0.39, 0.29) is 11.8 Å². The number of nitrogens with one attached hydrogen (secondary N) is 1. The molecule has 1 aromatic rings. The van der Waals surface area contributed by atoms with Crippen molar-refractivity contribution in [3.63, 3.8) is 0 Å². The van der Waals surface area contributed by atoms with Gasteiger partial charge in [-0.05, 0) is 50.3 Å². The normalized spacial score (nSPS) is 18.8. The molecule has 0 radical (unpaired) electrons. The molecule has 5 heteroatoms. The Morgan fingerprint density at radius 1 is 1.12 bits per heavy atom. The van der Waals surface area contributed by atoms with Crippen LogP contribution in [0.25, 0.3) is 0 Å². The molecule has 1 N–H and O–H groups in total. The average molecular weight is 343 g/mol. The second-order valence-corrected chi connectivity index (χ2v) is 7.34. The first kappa shape index (κ1) is 17.8. The van der Waals surface area contributed by atoms with Gasteiger partial charge in [0, 0.05) is 38.4 Å². The molecule has 1 aromatic carbocycles. The molecule has 0 aromatic heterocycles. The maximum absolute atomic E-state index is 12.9. The standard InChI is InChI=1S/C20H29N3O2/c1-4-10-21-18(24)20(8-9-20)19(25)23-13-11-22(12-14-23)17-7-5-6-15(2)16(17)3/h5-7H,4,8-14H2,1-3H3,(H,21,24). The molecule has 1 aliphatic heterocycles. The summed E-state index contributed by atoms with van der Waals surface area (Å²) in [6.45, 7) is 9.97. The van der Waals surface area contributed by atoms with Crippen molar-refractivity contribution in [1.82, 2.24) is 10.2 Å². The molecular formula is C20H29N3O2. The fraction of sp³-hybridized carbons (Fsp3) is 0.600. The lowest BCUT2D eigenvalue weighted by Crippen LogP contribution is -2.53. The summed E-state index contributed by atoms with van der Waals surface area (Å²) in [5, 5.41) is 2.91. The third-order valence-corrected chi connectivity index (χ3v) is 5.61. The molecule has 0 atom stereocenters. The minimum absolute atomic E-state index is 0.0294. The molecule has 3 rings (SSSR count). The first-order chi connectivity index (χ1) is 12.0. The molecule has 1 saturated heterocycles. The molecule has 1 aliphatic carbocycles. The number of rotatable bonds is 5. The van der Waals surface area contributed by atoms with Crippen molar-refractivity contribution < 1.29 is 9.59 Å². The Labute approximate surface area is 150 Å². The lowest BCUT2D eigenvalue weighted by molar-refractivity contribution is -0.144. The maximum Gasteiger partial charge on any atom is 0.238 e. The Bertz CT molecular complexity index is 659. The van der Waals surface area contributed by atoms with Gasteiger partial charge in [-0.1, -0.05) is 19.1 Å². The number of aryl methyl sites for hydroxylation is 1. The quantitative estimate of drug-likeness (QED) is 0.835. The van der Waals surface area contributed by atoms with Gasteiger partial charge in [-0.2, -0.15) is 0 Å². The summed E-state index contributed by atoms with van der Waals surface area (Å²) < 4.78 is 0. The zero-order valence-corrected chi connectivity index (χ0v) is 15.6. The highest BCUT2D eigenvalue weighted by Crippen LogP contribution is 2.47. The monoisotopic (exact) mass is 343 g/mol.